The number of carbonyl (C=O) groups excluding carboxylic acids is 1. The van der Waals surface area contributed by atoms with Crippen molar-refractivity contribution in [3.05, 3.63) is 52.5 Å². The molecule has 25 heavy (non-hydrogen) atoms. The third kappa shape index (κ3) is 5.69. The number of amides is 1. The van der Waals surface area contributed by atoms with E-state index < -0.39 is 0 Å². The number of nitrogens with zero attached hydrogens (tertiary/aromatic N) is 1. The number of rotatable bonds is 7. The van der Waals surface area contributed by atoms with Crippen molar-refractivity contribution in [2.75, 3.05) is 12.9 Å². The lowest BCUT2D eigenvalue weighted by atomic mass is 10.1. The SMILES string of the molecule is CCOc1cc(/C=N\NC(=O)Cc2cc(Cl)ccc2SC)ccc1O. The van der Waals surface area contributed by atoms with Gasteiger partial charge in [0.15, 0.2) is 11.5 Å². The van der Waals surface area contributed by atoms with Gasteiger partial charge in [0.05, 0.1) is 19.2 Å². The molecular weight excluding hydrogens is 360 g/mol. The number of hydrogen-bond donors (Lipinski definition) is 2. The van der Waals surface area contributed by atoms with Crippen LogP contribution in [0.4, 0.5) is 0 Å². The highest BCUT2D eigenvalue weighted by Crippen LogP contribution is 2.26. The summed E-state index contributed by atoms with van der Waals surface area (Å²) in [6.45, 7) is 2.28. The predicted octanol–water partition coefficient (Wildman–Crippen LogP) is 3.86. The second-order valence-electron chi connectivity index (χ2n) is 5.09. The number of carbonyl (C=O) groups is 1. The molecule has 0 aliphatic carbocycles. The Balaban J connectivity index is 1.99. The normalized spacial score (nSPS) is 10.8. The number of phenols is 1. The lowest BCUT2D eigenvalue weighted by Crippen LogP contribution is -2.20. The summed E-state index contributed by atoms with van der Waals surface area (Å²) in [5.74, 6) is 0.201. The lowest BCUT2D eigenvalue weighted by Gasteiger charge is -2.07. The number of benzene rings is 2. The van der Waals surface area contributed by atoms with Crippen LogP contribution in [0.25, 0.3) is 0 Å². The van der Waals surface area contributed by atoms with Crippen molar-refractivity contribution in [1.82, 2.24) is 5.43 Å². The van der Waals surface area contributed by atoms with Crippen molar-refractivity contribution in [3.63, 3.8) is 0 Å². The Labute approximate surface area is 156 Å². The minimum atomic E-state index is -0.238. The molecule has 0 radical (unpaired) electrons. The summed E-state index contributed by atoms with van der Waals surface area (Å²) in [7, 11) is 0. The fourth-order valence-electron chi connectivity index (χ4n) is 2.16. The molecule has 0 aliphatic heterocycles. The summed E-state index contributed by atoms with van der Waals surface area (Å²) in [6.07, 6.45) is 3.63. The number of hydrazone groups is 1. The molecule has 0 saturated carbocycles. The van der Waals surface area contributed by atoms with Gasteiger partial charge in [0.25, 0.3) is 0 Å². The van der Waals surface area contributed by atoms with E-state index in [2.05, 4.69) is 10.5 Å². The standard InChI is InChI=1S/C18H19ClN2O3S/c1-3-24-16-8-12(4-6-15(16)22)11-20-21-18(23)10-13-9-14(19)5-7-17(13)25-2/h4-9,11,22H,3,10H2,1-2H3,(H,21,23)/b20-11-. The van der Waals surface area contributed by atoms with Gasteiger partial charge in [0.1, 0.15) is 0 Å². The number of hydrogen-bond acceptors (Lipinski definition) is 5. The Kier molecular flexibility index (Phi) is 7.16. The van der Waals surface area contributed by atoms with E-state index in [1.165, 1.54) is 12.3 Å². The maximum Gasteiger partial charge on any atom is 0.244 e. The van der Waals surface area contributed by atoms with Gasteiger partial charge in [-0.05, 0) is 60.7 Å². The Bertz CT molecular complexity index is 781. The molecule has 0 atom stereocenters. The van der Waals surface area contributed by atoms with Crippen LogP contribution in [0.5, 0.6) is 11.5 Å². The average Bonchev–Trinajstić information content (AvgIpc) is 2.58. The Morgan fingerprint density at radius 1 is 1.36 bits per heavy atom. The highest BCUT2D eigenvalue weighted by atomic mass is 35.5. The summed E-state index contributed by atoms with van der Waals surface area (Å²) < 4.78 is 5.31. The first-order valence-corrected chi connectivity index (χ1v) is 9.24. The van der Waals surface area contributed by atoms with Crippen molar-refractivity contribution >= 4 is 35.5 Å². The Hall–Kier alpha value is -2.18. The molecule has 0 unspecified atom stereocenters. The second-order valence-corrected chi connectivity index (χ2v) is 6.37. The van der Waals surface area contributed by atoms with E-state index in [0.29, 0.717) is 22.9 Å². The minimum absolute atomic E-state index is 0.0635. The molecule has 1 amide bonds. The molecule has 0 fully saturated rings. The zero-order valence-electron chi connectivity index (χ0n) is 14.0. The van der Waals surface area contributed by atoms with E-state index in [0.717, 1.165) is 10.5 Å². The Morgan fingerprint density at radius 2 is 2.16 bits per heavy atom. The molecular formula is C18H19ClN2O3S. The molecule has 0 bridgehead atoms. The fraction of sp³-hybridized carbons (Fsp3) is 0.222. The van der Waals surface area contributed by atoms with Crippen LogP contribution in [0.15, 0.2) is 46.4 Å². The quantitative estimate of drug-likeness (QED) is 0.436. The van der Waals surface area contributed by atoms with Crippen LogP contribution in [-0.4, -0.2) is 30.1 Å². The second kappa shape index (κ2) is 9.34. The van der Waals surface area contributed by atoms with Gasteiger partial charge in [-0.1, -0.05) is 11.6 Å². The summed E-state index contributed by atoms with van der Waals surface area (Å²) in [5, 5.41) is 14.2. The summed E-state index contributed by atoms with van der Waals surface area (Å²) in [4.78, 5) is 13.1. The number of nitrogens with one attached hydrogen (secondary N) is 1. The van der Waals surface area contributed by atoms with E-state index >= 15 is 0 Å². The zero-order chi connectivity index (χ0) is 18.2. The molecule has 2 aromatic rings. The summed E-state index contributed by atoms with van der Waals surface area (Å²) in [6, 6.07) is 10.3. The maximum absolute atomic E-state index is 12.1. The van der Waals surface area contributed by atoms with Crippen molar-refractivity contribution < 1.29 is 14.6 Å². The highest BCUT2D eigenvalue weighted by Gasteiger charge is 2.08. The van der Waals surface area contributed by atoms with Gasteiger partial charge < -0.3 is 9.84 Å². The van der Waals surface area contributed by atoms with Gasteiger partial charge in [0.2, 0.25) is 5.91 Å². The number of halogens is 1. The average molecular weight is 379 g/mol. The predicted molar refractivity (Wildman–Crippen MR) is 102 cm³/mol. The van der Waals surface area contributed by atoms with Crippen LogP contribution >= 0.6 is 23.4 Å². The van der Waals surface area contributed by atoms with Crippen LogP contribution in [0.2, 0.25) is 5.02 Å². The maximum atomic E-state index is 12.1. The lowest BCUT2D eigenvalue weighted by molar-refractivity contribution is -0.120. The molecule has 5 nitrogen and oxygen atoms in total. The van der Waals surface area contributed by atoms with E-state index in [1.54, 1.807) is 36.0 Å². The van der Waals surface area contributed by atoms with Crippen LogP contribution in [0.3, 0.4) is 0 Å². The highest BCUT2D eigenvalue weighted by molar-refractivity contribution is 7.98. The van der Waals surface area contributed by atoms with Crippen molar-refractivity contribution in [3.8, 4) is 11.5 Å². The van der Waals surface area contributed by atoms with Crippen LogP contribution < -0.4 is 10.2 Å². The van der Waals surface area contributed by atoms with Crippen LogP contribution in [-0.2, 0) is 11.2 Å². The van der Waals surface area contributed by atoms with Crippen molar-refractivity contribution in [2.24, 2.45) is 5.10 Å². The molecule has 2 rings (SSSR count). The smallest absolute Gasteiger partial charge is 0.244 e. The first-order valence-electron chi connectivity index (χ1n) is 7.63. The van der Waals surface area contributed by atoms with E-state index in [1.807, 2.05) is 19.2 Å². The van der Waals surface area contributed by atoms with Crippen molar-refractivity contribution in [1.29, 1.82) is 0 Å². The zero-order valence-corrected chi connectivity index (χ0v) is 15.5. The molecule has 2 N–H and O–H groups in total. The van der Waals surface area contributed by atoms with E-state index in [9.17, 15) is 9.90 Å². The van der Waals surface area contributed by atoms with Crippen LogP contribution in [0.1, 0.15) is 18.1 Å². The van der Waals surface area contributed by atoms with Crippen LogP contribution in [0, 0.1) is 0 Å². The topological polar surface area (TPSA) is 70.9 Å². The summed E-state index contributed by atoms with van der Waals surface area (Å²) in [5.41, 5.74) is 4.05. The third-order valence-electron chi connectivity index (χ3n) is 3.28. The van der Waals surface area contributed by atoms with Gasteiger partial charge in [0, 0.05) is 9.92 Å². The van der Waals surface area contributed by atoms with E-state index in [4.69, 9.17) is 16.3 Å². The minimum Gasteiger partial charge on any atom is -0.504 e. The first kappa shape index (κ1) is 19.1. The number of aromatic hydroxyl groups is 1. The summed E-state index contributed by atoms with van der Waals surface area (Å²) >= 11 is 7.55. The van der Waals surface area contributed by atoms with Gasteiger partial charge in [-0.2, -0.15) is 5.10 Å². The molecule has 0 aromatic heterocycles. The van der Waals surface area contributed by atoms with Crippen molar-refractivity contribution in [2.45, 2.75) is 18.2 Å². The van der Waals surface area contributed by atoms with Gasteiger partial charge in [-0.25, -0.2) is 5.43 Å². The molecule has 0 saturated heterocycles. The molecule has 0 spiro atoms. The number of phenolic OH excluding ortho intramolecular Hbond substituents is 1. The number of thioether (sulfide) groups is 1. The van der Waals surface area contributed by atoms with E-state index in [-0.39, 0.29) is 18.1 Å². The van der Waals surface area contributed by atoms with Gasteiger partial charge in [-0.3, -0.25) is 4.79 Å². The molecule has 132 valence electrons. The Morgan fingerprint density at radius 3 is 2.88 bits per heavy atom. The third-order valence-corrected chi connectivity index (χ3v) is 4.35. The monoisotopic (exact) mass is 378 g/mol. The molecule has 2 aromatic carbocycles. The largest absolute Gasteiger partial charge is 0.504 e. The fourth-order valence-corrected chi connectivity index (χ4v) is 2.95. The van der Waals surface area contributed by atoms with Gasteiger partial charge in [-0.15, -0.1) is 11.8 Å². The number of ether oxygens (including phenoxy) is 1. The first-order chi connectivity index (χ1) is 12.0. The molecule has 7 heteroatoms. The molecule has 0 aliphatic rings. The molecule has 0 heterocycles. The van der Waals surface area contributed by atoms with Gasteiger partial charge >= 0.3 is 0 Å².